The van der Waals surface area contributed by atoms with Gasteiger partial charge in [-0.3, -0.25) is 0 Å². The van der Waals surface area contributed by atoms with Gasteiger partial charge in [-0.25, -0.2) is 0 Å². The summed E-state index contributed by atoms with van der Waals surface area (Å²) < 4.78 is 0. The Labute approximate surface area is 87.8 Å². The zero-order chi connectivity index (χ0) is 10.0. The molecule has 2 aliphatic rings. The van der Waals surface area contributed by atoms with Crippen LogP contribution in [0.2, 0.25) is 0 Å². The van der Waals surface area contributed by atoms with Crippen molar-refractivity contribution in [3.05, 3.63) is 0 Å². The first-order chi connectivity index (χ1) is 6.76. The molecule has 0 radical (unpaired) electrons. The Morgan fingerprint density at radius 3 is 2.64 bits per heavy atom. The van der Waals surface area contributed by atoms with Crippen LogP contribution in [0.5, 0.6) is 0 Å². The molecule has 14 heavy (non-hydrogen) atoms. The van der Waals surface area contributed by atoms with Crippen LogP contribution in [-0.2, 0) is 0 Å². The van der Waals surface area contributed by atoms with Crippen LogP contribution >= 0.6 is 0 Å². The van der Waals surface area contributed by atoms with Gasteiger partial charge in [0.05, 0.1) is 0 Å². The molecule has 2 nitrogen and oxygen atoms in total. The lowest BCUT2D eigenvalue weighted by atomic mass is 9.97. The van der Waals surface area contributed by atoms with Gasteiger partial charge in [-0.15, -0.1) is 0 Å². The smallest absolute Gasteiger partial charge is 0.000784 e. The largest absolute Gasteiger partial charge is 0.316 e. The molecule has 2 rings (SSSR count). The van der Waals surface area contributed by atoms with Gasteiger partial charge in [0.25, 0.3) is 0 Å². The van der Waals surface area contributed by atoms with E-state index in [9.17, 15) is 0 Å². The van der Waals surface area contributed by atoms with Crippen LogP contribution in [0.1, 0.15) is 33.1 Å². The van der Waals surface area contributed by atoms with E-state index in [0.29, 0.717) is 5.41 Å². The van der Waals surface area contributed by atoms with Gasteiger partial charge in [-0.1, -0.05) is 13.8 Å². The summed E-state index contributed by atoms with van der Waals surface area (Å²) in [5.74, 6) is 1.72. The van der Waals surface area contributed by atoms with Crippen LogP contribution in [0.25, 0.3) is 0 Å². The van der Waals surface area contributed by atoms with Crippen molar-refractivity contribution in [2.24, 2.45) is 17.3 Å². The summed E-state index contributed by atoms with van der Waals surface area (Å²) in [6.45, 7) is 9.59. The van der Waals surface area contributed by atoms with E-state index in [-0.39, 0.29) is 0 Å². The van der Waals surface area contributed by atoms with Gasteiger partial charge in [-0.2, -0.15) is 0 Å². The Kier molecular flexibility index (Phi) is 3.13. The molecule has 1 saturated heterocycles. The highest BCUT2D eigenvalue weighted by Crippen LogP contribution is 2.47. The Hall–Kier alpha value is -0.0800. The van der Waals surface area contributed by atoms with Crippen molar-refractivity contribution in [2.45, 2.75) is 33.1 Å². The van der Waals surface area contributed by atoms with E-state index in [1.807, 2.05) is 0 Å². The molecular weight excluding hydrogens is 172 g/mol. The molecule has 0 aromatic carbocycles. The Morgan fingerprint density at radius 1 is 1.36 bits per heavy atom. The quantitative estimate of drug-likeness (QED) is 0.698. The van der Waals surface area contributed by atoms with E-state index in [1.165, 1.54) is 45.4 Å². The van der Waals surface area contributed by atoms with Crippen LogP contribution < -0.4 is 10.6 Å². The summed E-state index contributed by atoms with van der Waals surface area (Å²) in [4.78, 5) is 0. The zero-order valence-electron chi connectivity index (χ0n) is 9.60. The minimum absolute atomic E-state index is 0.704. The first kappa shape index (κ1) is 10.4. The molecule has 2 atom stereocenters. The monoisotopic (exact) mass is 196 g/mol. The average molecular weight is 196 g/mol. The maximum Gasteiger partial charge on any atom is 0.000784 e. The molecule has 0 amide bonds. The van der Waals surface area contributed by atoms with E-state index in [4.69, 9.17) is 0 Å². The minimum atomic E-state index is 0.704. The van der Waals surface area contributed by atoms with Gasteiger partial charge in [0.1, 0.15) is 0 Å². The SMILES string of the molecule is CCC1(CNC[C@@H]2CNC[C@H]2C)CC1. The molecule has 1 aliphatic carbocycles. The minimum Gasteiger partial charge on any atom is -0.316 e. The summed E-state index contributed by atoms with van der Waals surface area (Å²) in [6, 6.07) is 0. The normalized spacial score (nSPS) is 34.7. The van der Waals surface area contributed by atoms with Gasteiger partial charge in [-0.05, 0) is 56.1 Å². The second kappa shape index (κ2) is 4.19. The molecule has 2 heteroatoms. The van der Waals surface area contributed by atoms with Gasteiger partial charge in [0, 0.05) is 6.54 Å². The molecule has 2 fully saturated rings. The van der Waals surface area contributed by atoms with Crippen molar-refractivity contribution in [1.29, 1.82) is 0 Å². The summed E-state index contributed by atoms with van der Waals surface area (Å²) in [7, 11) is 0. The predicted octanol–water partition coefficient (Wildman–Crippen LogP) is 1.62. The highest BCUT2D eigenvalue weighted by atomic mass is 15.0. The van der Waals surface area contributed by atoms with E-state index in [0.717, 1.165) is 11.8 Å². The standard InChI is InChI=1S/C12H24N2/c1-3-12(4-5-12)9-14-8-11-7-13-6-10(11)2/h10-11,13-14H,3-9H2,1-2H3/t10-,11+/m1/s1. The zero-order valence-corrected chi connectivity index (χ0v) is 9.60. The lowest BCUT2D eigenvalue weighted by Gasteiger charge is -2.18. The predicted molar refractivity (Wildman–Crippen MR) is 60.4 cm³/mol. The molecule has 0 unspecified atom stereocenters. The van der Waals surface area contributed by atoms with Crippen LogP contribution in [0.3, 0.4) is 0 Å². The highest BCUT2D eigenvalue weighted by molar-refractivity contribution is 4.94. The second-order valence-corrected chi connectivity index (χ2v) is 5.38. The van der Waals surface area contributed by atoms with E-state index in [1.54, 1.807) is 0 Å². The number of hydrogen-bond donors (Lipinski definition) is 2. The first-order valence-electron chi connectivity index (χ1n) is 6.17. The Bertz CT molecular complexity index is 187. The fourth-order valence-electron chi connectivity index (χ4n) is 2.49. The maximum atomic E-state index is 3.67. The van der Waals surface area contributed by atoms with Crippen LogP contribution in [-0.4, -0.2) is 26.2 Å². The molecule has 0 spiro atoms. The van der Waals surface area contributed by atoms with E-state index >= 15 is 0 Å². The van der Waals surface area contributed by atoms with Crippen molar-refractivity contribution in [2.75, 3.05) is 26.2 Å². The lowest BCUT2D eigenvalue weighted by Crippen LogP contribution is -2.31. The van der Waals surface area contributed by atoms with Gasteiger partial charge in [0.15, 0.2) is 0 Å². The molecular formula is C12H24N2. The van der Waals surface area contributed by atoms with Crippen LogP contribution in [0, 0.1) is 17.3 Å². The van der Waals surface area contributed by atoms with Gasteiger partial charge < -0.3 is 10.6 Å². The fourth-order valence-corrected chi connectivity index (χ4v) is 2.49. The summed E-state index contributed by atoms with van der Waals surface area (Å²) in [5.41, 5.74) is 0.704. The fraction of sp³-hybridized carbons (Fsp3) is 1.00. The second-order valence-electron chi connectivity index (χ2n) is 5.38. The molecule has 82 valence electrons. The van der Waals surface area contributed by atoms with Crippen molar-refractivity contribution in [3.63, 3.8) is 0 Å². The van der Waals surface area contributed by atoms with Crippen molar-refractivity contribution in [3.8, 4) is 0 Å². The van der Waals surface area contributed by atoms with Gasteiger partial charge >= 0.3 is 0 Å². The third kappa shape index (κ3) is 2.29. The molecule has 1 saturated carbocycles. The molecule has 0 bridgehead atoms. The molecule has 1 heterocycles. The molecule has 0 aromatic rings. The lowest BCUT2D eigenvalue weighted by molar-refractivity contribution is 0.378. The maximum absolute atomic E-state index is 3.67. The van der Waals surface area contributed by atoms with Gasteiger partial charge in [0.2, 0.25) is 0 Å². The van der Waals surface area contributed by atoms with Crippen LogP contribution in [0.4, 0.5) is 0 Å². The van der Waals surface area contributed by atoms with Crippen molar-refractivity contribution >= 4 is 0 Å². The Balaban J connectivity index is 1.63. The first-order valence-corrected chi connectivity index (χ1v) is 6.17. The topological polar surface area (TPSA) is 24.1 Å². The number of nitrogens with one attached hydrogen (secondary N) is 2. The third-order valence-electron chi connectivity index (χ3n) is 4.29. The van der Waals surface area contributed by atoms with Crippen LogP contribution in [0.15, 0.2) is 0 Å². The third-order valence-corrected chi connectivity index (χ3v) is 4.29. The summed E-state index contributed by atoms with van der Waals surface area (Å²) >= 11 is 0. The molecule has 2 N–H and O–H groups in total. The van der Waals surface area contributed by atoms with Crippen molar-refractivity contribution in [1.82, 2.24) is 10.6 Å². The number of rotatable bonds is 5. The van der Waals surface area contributed by atoms with E-state index < -0.39 is 0 Å². The van der Waals surface area contributed by atoms with E-state index in [2.05, 4.69) is 24.5 Å². The average Bonchev–Trinajstić information content (AvgIpc) is 2.86. The summed E-state index contributed by atoms with van der Waals surface area (Å²) in [6.07, 6.45) is 4.27. The number of hydrogen-bond acceptors (Lipinski definition) is 2. The Morgan fingerprint density at radius 2 is 2.14 bits per heavy atom. The summed E-state index contributed by atoms with van der Waals surface area (Å²) in [5, 5.41) is 7.13. The molecule has 0 aromatic heterocycles. The highest BCUT2D eigenvalue weighted by Gasteiger charge is 2.40. The van der Waals surface area contributed by atoms with Crippen molar-refractivity contribution < 1.29 is 0 Å². The molecule has 1 aliphatic heterocycles.